The first kappa shape index (κ1) is 22.3. The van der Waals surface area contributed by atoms with Crippen LogP contribution in [0, 0.1) is 0 Å². The summed E-state index contributed by atoms with van der Waals surface area (Å²) in [4.78, 5) is 14.7. The van der Waals surface area contributed by atoms with E-state index in [-0.39, 0.29) is 5.91 Å². The maximum atomic E-state index is 12.2. The van der Waals surface area contributed by atoms with Crippen molar-refractivity contribution in [3.8, 4) is 10.6 Å². The number of benzene rings is 2. The van der Waals surface area contributed by atoms with Crippen LogP contribution >= 0.6 is 46.5 Å². The smallest absolute Gasteiger partial charge is 0.254 e. The minimum Gasteiger partial charge on any atom is -0.345 e. The Bertz CT molecular complexity index is 1150. The molecule has 4 rings (SSSR count). The molecule has 0 spiro atoms. The third-order valence-corrected chi connectivity index (χ3v) is 7.73. The van der Waals surface area contributed by atoms with Crippen LogP contribution in [0.25, 0.3) is 16.1 Å². The van der Waals surface area contributed by atoms with E-state index in [2.05, 4.69) is 20.6 Å². The molecule has 0 bridgehead atoms. The molecule has 9 heteroatoms. The fraction of sp³-hybridized carbons (Fsp3) is 0.227. The molecule has 0 saturated carbocycles. The molecule has 31 heavy (non-hydrogen) atoms. The van der Waals surface area contributed by atoms with Crippen molar-refractivity contribution in [1.82, 2.24) is 19.4 Å². The fourth-order valence-corrected chi connectivity index (χ4v) is 5.43. The normalized spacial score (nSPS) is 14.4. The Balaban J connectivity index is 1.46. The Labute approximate surface area is 199 Å². The Morgan fingerprint density at radius 3 is 2.55 bits per heavy atom. The van der Waals surface area contributed by atoms with E-state index in [0.717, 1.165) is 45.0 Å². The van der Waals surface area contributed by atoms with Crippen LogP contribution in [0.1, 0.15) is 21.8 Å². The molecule has 1 aromatic heterocycles. The van der Waals surface area contributed by atoms with E-state index >= 15 is 0 Å². The first-order valence-corrected chi connectivity index (χ1v) is 12.0. The summed E-state index contributed by atoms with van der Waals surface area (Å²) in [6.07, 6.45) is 3.09. The highest BCUT2D eigenvalue weighted by atomic mass is 35.5. The van der Waals surface area contributed by atoms with Gasteiger partial charge in [0, 0.05) is 37.6 Å². The first-order valence-electron chi connectivity index (χ1n) is 9.64. The van der Waals surface area contributed by atoms with Crippen LogP contribution in [0.15, 0.2) is 53.4 Å². The van der Waals surface area contributed by atoms with Gasteiger partial charge in [0.25, 0.3) is 5.91 Å². The number of hydrogen-bond acceptors (Lipinski definition) is 6. The van der Waals surface area contributed by atoms with Gasteiger partial charge in [-0.25, -0.2) is 4.31 Å². The van der Waals surface area contributed by atoms with Crippen LogP contribution in [0.2, 0.25) is 10.0 Å². The number of rotatable bonds is 5. The molecule has 5 nitrogen and oxygen atoms in total. The highest BCUT2D eigenvalue weighted by Crippen LogP contribution is 2.35. The van der Waals surface area contributed by atoms with Gasteiger partial charge in [-0.1, -0.05) is 58.8 Å². The van der Waals surface area contributed by atoms with Crippen LogP contribution in [0.4, 0.5) is 0 Å². The molecule has 160 valence electrons. The van der Waals surface area contributed by atoms with Gasteiger partial charge in [0.15, 0.2) is 0 Å². The largest absolute Gasteiger partial charge is 0.345 e. The van der Waals surface area contributed by atoms with Crippen molar-refractivity contribution >= 4 is 58.0 Å². The second-order valence-corrected chi connectivity index (χ2v) is 10.1. The fourth-order valence-electron chi connectivity index (χ4n) is 3.12. The Morgan fingerprint density at radius 1 is 1.10 bits per heavy atom. The van der Waals surface area contributed by atoms with Crippen molar-refractivity contribution in [3.05, 3.63) is 69.2 Å². The van der Waals surface area contributed by atoms with E-state index in [1.165, 1.54) is 21.8 Å². The van der Waals surface area contributed by atoms with Gasteiger partial charge in [-0.15, -0.1) is 10.2 Å². The quantitative estimate of drug-likeness (QED) is 0.409. The molecule has 1 aliphatic rings. The number of aromatic nitrogens is 2. The van der Waals surface area contributed by atoms with Crippen LogP contribution in [-0.4, -0.2) is 52.5 Å². The molecule has 2 aromatic carbocycles. The van der Waals surface area contributed by atoms with Gasteiger partial charge in [-0.3, -0.25) is 4.79 Å². The number of nitrogens with zero attached hydrogens (tertiary/aromatic N) is 4. The summed E-state index contributed by atoms with van der Waals surface area (Å²) in [7, 11) is 3.41. The zero-order valence-corrected chi connectivity index (χ0v) is 20.2. The molecule has 1 amide bonds. The summed E-state index contributed by atoms with van der Waals surface area (Å²) in [5.74, 6) is -0.124. The monoisotopic (exact) mass is 490 g/mol. The number of amides is 1. The lowest BCUT2D eigenvalue weighted by Crippen LogP contribution is -2.21. The lowest BCUT2D eigenvalue weighted by molar-refractivity contribution is 0.0828. The van der Waals surface area contributed by atoms with Crippen molar-refractivity contribution in [3.63, 3.8) is 0 Å². The van der Waals surface area contributed by atoms with Gasteiger partial charge >= 0.3 is 0 Å². The molecule has 0 N–H and O–H groups in total. The summed E-state index contributed by atoms with van der Waals surface area (Å²) >= 11 is 15.8. The molecule has 0 unspecified atom stereocenters. The molecule has 0 saturated heterocycles. The highest BCUT2D eigenvalue weighted by Gasteiger charge is 2.19. The SMILES string of the molecule is CN(C)C(=O)c1ccc(-c2nnc(C3=CCN(Sc4ccccc4Cl)CC3)s2)cc1Cl. The maximum Gasteiger partial charge on any atom is 0.254 e. The molecule has 0 aliphatic carbocycles. The summed E-state index contributed by atoms with van der Waals surface area (Å²) in [6, 6.07) is 13.3. The van der Waals surface area contributed by atoms with Gasteiger partial charge in [-0.05, 0) is 48.2 Å². The van der Waals surface area contributed by atoms with E-state index in [1.54, 1.807) is 38.2 Å². The molecule has 2 heterocycles. The van der Waals surface area contributed by atoms with Crippen molar-refractivity contribution in [1.29, 1.82) is 0 Å². The topological polar surface area (TPSA) is 49.3 Å². The molecule has 0 atom stereocenters. The number of halogens is 2. The van der Waals surface area contributed by atoms with E-state index in [9.17, 15) is 4.79 Å². The zero-order chi connectivity index (χ0) is 22.0. The predicted octanol–water partition coefficient (Wildman–Crippen LogP) is 6.01. The molecule has 3 aromatic rings. The van der Waals surface area contributed by atoms with Crippen molar-refractivity contribution in [2.75, 3.05) is 27.2 Å². The minimum atomic E-state index is -0.124. The lowest BCUT2D eigenvalue weighted by Gasteiger charge is -2.24. The zero-order valence-electron chi connectivity index (χ0n) is 17.0. The third kappa shape index (κ3) is 5.13. The standard InChI is InChI=1S/C22H20Cl2N4OS2/c1-27(2)22(29)16-8-7-15(13-18(16)24)21-26-25-20(30-21)14-9-11-28(12-10-14)31-19-6-4-3-5-17(19)23/h3-9,13H,10-12H2,1-2H3. The summed E-state index contributed by atoms with van der Waals surface area (Å²) in [6.45, 7) is 1.72. The molecule has 0 radical (unpaired) electrons. The van der Waals surface area contributed by atoms with Gasteiger partial charge < -0.3 is 4.90 Å². The first-order chi connectivity index (χ1) is 14.9. The van der Waals surface area contributed by atoms with Gasteiger partial charge in [-0.2, -0.15) is 0 Å². The predicted molar refractivity (Wildman–Crippen MR) is 130 cm³/mol. The number of carbonyl (C=O) groups excluding carboxylic acids is 1. The van der Waals surface area contributed by atoms with E-state index in [4.69, 9.17) is 23.2 Å². The second-order valence-electron chi connectivity index (χ2n) is 7.20. The summed E-state index contributed by atoms with van der Waals surface area (Å²) in [5, 5.41) is 11.6. The Morgan fingerprint density at radius 2 is 1.87 bits per heavy atom. The van der Waals surface area contributed by atoms with E-state index in [1.807, 2.05) is 30.3 Å². The Kier molecular flexibility index (Phi) is 6.99. The lowest BCUT2D eigenvalue weighted by atomic mass is 10.1. The van der Waals surface area contributed by atoms with E-state index < -0.39 is 0 Å². The van der Waals surface area contributed by atoms with Crippen molar-refractivity contribution < 1.29 is 4.79 Å². The average Bonchev–Trinajstić information content (AvgIpc) is 3.25. The van der Waals surface area contributed by atoms with Gasteiger partial charge in [0.2, 0.25) is 0 Å². The number of hydrogen-bond donors (Lipinski definition) is 0. The van der Waals surface area contributed by atoms with Crippen molar-refractivity contribution in [2.45, 2.75) is 11.3 Å². The minimum absolute atomic E-state index is 0.124. The highest BCUT2D eigenvalue weighted by molar-refractivity contribution is 7.97. The van der Waals surface area contributed by atoms with Crippen LogP contribution < -0.4 is 0 Å². The molecule has 0 fully saturated rings. The number of carbonyl (C=O) groups is 1. The summed E-state index contributed by atoms with van der Waals surface area (Å²) < 4.78 is 2.28. The molecular weight excluding hydrogens is 471 g/mol. The second kappa shape index (κ2) is 9.71. The average molecular weight is 491 g/mol. The summed E-state index contributed by atoms with van der Waals surface area (Å²) in [5.41, 5.74) is 2.54. The Hall–Kier alpha value is -1.90. The van der Waals surface area contributed by atoms with Crippen molar-refractivity contribution in [2.24, 2.45) is 0 Å². The van der Waals surface area contributed by atoms with E-state index in [0.29, 0.717) is 10.6 Å². The van der Waals surface area contributed by atoms with Gasteiger partial charge in [0.1, 0.15) is 10.0 Å². The molecular formula is C22H20Cl2N4OS2. The van der Waals surface area contributed by atoms with Gasteiger partial charge in [0.05, 0.1) is 15.6 Å². The molecule has 1 aliphatic heterocycles. The van der Waals surface area contributed by atoms with Crippen LogP contribution in [0.5, 0.6) is 0 Å². The van der Waals surface area contributed by atoms with Crippen LogP contribution in [0.3, 0.4) is 0 Å². The van der Waals surface area contributed by atoms with Crippen LogP contribution in [-0.2, 0) is 0 Å². The third-order valence-electron chi connectivity index (χ3n) is 4.79. The maximum absolute atomic E-state index is 12.2.